The van der Waals surface area contributed by atoms with Gasteiger partial charge in [0.05, 0.1) is 0 Å². The molecule has 1 aromatic heterocycles. The van der Waals surface area contributed by atoms with Gasteiger partial charge in [0, 0.05) is 18.9 Å². The average molecular weight is 235 g/mol. The van der Waals surface area contributed by atoms with Crippen LogP contribution in [0.4, 0.5) is 0 Å². The van der Waals surface area contributed by atoms with Crippen LogP contribution in [0.25, 0.3) is 0 Å². The molecule has 0 saturated heterocycles. The lowest BCUT2D eigenvalue weighted by Crippen LogP contribution is -2.26. The highest BCUT2D eigenvalue weighted by atomic mass is 35.5. The molecule has 78 valence electrons. The van der Waals surface area contributed by atoms with E-state index in [1.165, 1.54) is 0 Å². The third-order valence-electron chi connectivity index (χ3n) is 1.63. The highest BCUT2D eigenvalue weighted by molar-refractivity contribution is 7.90. The van der Waals surface area contributed by atoms with E-state index >= 15 is 0 Å². The summed E-state index contributed by atoms with van der Waals surface area (Å²) < 4.78 is 24.2. The zero-order valence-corrected chi connectivity index (χ0v) is 9.05. The van der Waals surface area contributed by atoms with Crippen LogP contribution >= 0.6 is 11.6 Å². The SMILES string of the molecule is O=S(=O)(CCl)NCCc1ccncc1. The monoisotopic (exact) mass is 234 g/mol. The fourth-order valence-corrected chi connectivity index (χ4v) is 1.66. The highest BCUT2D eigenvalue weighted by Gasteiger charge is 2.05. The van der Waals surface area contributed by atoms with Crippen molar-refractivity contribution < 1.29 is 8.42 Å². The number of nitrogens with one attached hydrogen (secondary N) is 1. The number of halogens is 1. The van der Waals surface area contributed by atoms with Gasteiger partial charge in [-0.2, -0.15) is 0 Å². The molecular weight excluding hydrogens is 224 g/mol. The Labute approximate surface area is 88.4 Å². The zero-order valence-electron chi connectivity index (χ0n) is 7.48. The lowest BCUT2D eigenvalue weighted by atomic mass is 10.2. The van der Waals surface area contributed by atoms with Crippen molar-refractivity contribution in [1.82, 2.24) is 9.71 Å². The molecule has 0 aliphatic carbocycles. The van der Waals surface area contributed by atoms with Crippen molar-refractivity contribution in [1.29, 1.82) is 0 Å². The maximum Gasteiger partial charge on any atom is 0.225 e. The molecule has 0 unspecified atom stereocenters. The standard InChI is InChI=1S/C8H11ClN2O2S/c9-7-14(12,13)11-6-3-8-1-4-10-5-2-8/h1-2,4-5,11H,3,6-7H2. The summed E-state index contributed by atoms with van der Waals surface area (Å²) in [6.45, 7) is 0.360. The van der Waals surface area contributed by atoms with E-state index in [1.54, 1.807) is 12.4 Å². The third kappa shape index (κ3) is 4.04. The molecule has 1 N–H and O–H groups in total. The van der Waals surface area contributed by atoms with Crippen LogP contribution in [0.5, 0.6) is 0 Å². The second kappa shape index (κ2) is 5.29. The number of rotatable bonds is 5. The molecule has 0 atom stereocenters. The number of hydrogen-bond acceptors (Lipinski definition) is 3. The summed E-state index contributed by atoms with van der Waals surface area (Å²) in [6.07, 6.45) is 3.98. The summed E-state index contributed by atoms with van der Waals surface area (Å²) in [5, 5.41) is -0.399. The maximum absolute atomic E-state index is 10.9. The van der Waals surface area contributed by atoms with Gasteiger partial charge in [0.2, 0.25) is 10.0 Å². The molecule has 0 aromatic carbocycles. The predicted molar refractivity (Wildman–Crippen MR) is 55.6 cm³/mol. The van der Waals surface area contributed by atoms with Crippen LogP contribution < -0.4 is 4.72 Å². The van der Waals surface area contributed by atoms with Crippen molar-refractivity contribution >= 4 is 21.6 Å². The summed E-state index contributed by atoms with van der Waals surface area (Å²) in [4.78, 5) is 3.86. The Bertz CT molecular complexity index is 366. The van der Waals surface area contributed by atoms with Crippen LogP contribution in [-0.2, 0) is 16.4 Å². The van der Waals surface area contributed by atoms with E-state index in [0.717, 1.165) is 5.56 Å². The summed E-state index contributed by atoms with van der Waals surface area (Å²) in [6, 6.07) is 3.68. The summed E-state index contributed by atoms with van der Waals surface area (Å²) in [5.74, 6) is 0. The highest BCUT2D eigenvalue weighted by Crippen LogP contribution is 1.97. The normalized spacial score (nSPS) is 11.5. The molecule has 0 fully saturated rings. The molecule has 1 heterocycles. The molecule has 0 amide bonds. The zero-order chi connectivity index (χ0) is 10.4. The Hall–Kier alpha value is -0.650. The molecule has 1 aromatic rings. The smallest absolute Gasteiger partial charge is 0.225 e. The molecule has 0 bridgehead atoms. The van der Waals surface area contributed by atoms with E-state index in [1.807, 2.05) is 12.1 Å². The van der Waals surface area contributed by atoms with Crippen LogP contribution in [0.15, 0.2) is 24.5 Å². The molecule has 14 heavy (non-hydrogen) atoms. The Morgan fingerprint density at radius 1 is 1.36 bits per heavy atom. The van der Waals surface area contributed by atoms with E-state index in [9.17, 15) is 8.42 Å². The molecular formula is C8H11ClN2O2S. The molecule has 0 aliphatic rings. The summed E-state index contributed by atoms with van der Waals surface area (Å²) in [7, 11) is -3.29. The first-order valence-electron chi connectivity index (χ1n) is 4.06. The topological polar surface area (TPSA) is 59.1 Å². The number of nitrogens with zero attached hydrogens (tertiary/aromatic N) is 1. The minimum Gasteiger partial charge on any atom is -0.265 e. The van der Waals surface area contributed by atoms with E-state index in [2.05, 4.69) is 9.71 Å². The quantitative estimate of drug-likeness (QED) is 0.765. The largest absolute Gasteiger partial charge is 0.265 e. The molecule has 0 spiro atoms. The van der Waals surface area contributed by atoms with Crippen LogP contribution in [0.2, 0.25) is 0 Å². The first kappa shape index (κ1) is 11.4. The van der Waals surface area contributed by atoms with Crippen molar-refractivity contribution in [3.05, 3.63) is 30.1 Å². The van der Waals surface area contributed by atoms with Crippen LogP contribution in [0, 0.1) is 0 Å². The number of alkyl halides is 1. The minimum absolute atomic E-state index is 0.360. The Morgan fingerprint density at radius 2 is 2.00 bits per heavy atom. The Balaban J connectivity index is 2.37. The van der Waals surface area contributed by atoms with Crippen molar-refractivity contribution in [3.63, 3.8) is 0 Å². The van der Waals surface area contributed by atoms with Gasteiger partial charge < -0.3 is 0 Å². The lowest BCUT2D eigenvalue weighted by Gasteiger charge is -2.02. The molecule has 6 heteroatoms. The molecule has 1 rings (SSSR count). The minimum atomic E-state index is -3.29. The Morgan fingerprint density at radius 3 is 2.57 bits per heavy atom. The molecule has 0 aliphatic heterocycles. The van der Waals surface area contributed by atoms with Gasteiger partial charge in [0.15, 0.2) is 0 Å². The third-order valence-corrected chi connectivity index (χ3v) is 3.42. The van der Waals surface area contributed by atoms with Gasteiger partial charge in [-0.05, 0) is 24.1 Å². The van der Waals surface area contributed by atoms with Gasteiger partial charge >= 0.3 is 0 Å². The second-order valence-corrected chi connectivity index (χ2v) is 5.11. The first-order chi connectivity index (χ1) is 6.64. The van der Waals surface area contributed by atoms with Gasteiger partial charge in [0.25, 0.3) is 0 Å². The van der Waals surface area contributed by atoms with E-state index in [4.69, 9.17) is 11.6 Å². The van der Waals surface area contributed by atoms with E-state index in [0.29, 0.717) is 13.0 Å². The fraction of sp³-hybridized carbons (Fsp3) is 0.375. The van der Waals surface area contributed by atoms with Gasteiger partial charge in [-0.15, -0.1) is 11.6 Å². The molecule has 4 nitrogen and oxygen atoms in total. The average Bonchev–Trinajstić information content (AvgIpc) is 2.19. The van der Waals surface area contributed by atoms with Crippen molar-refractivity contribution in [2.24, 2.45) is 0 Å². The van der Waals surface area contributed by atoms with E-state index < -0.39 is 15.2 Å². The van der Waals surface area contributed by atoms with Gasteiger partial charge in [-0.1, -0.05) is 0 Å². The van der Waals surface area contributed by atoms with Gasteiger partial charge in [-0.3, -0.25) is 4.98 Å². The van der Waals surface area contributed by atoms with Crippen molar-refractivity contribution in [2.45, 2.75) is 6.42 Å². The molecule has 0 radical (unpaired) electrons. The number of pyridine rings is 1. The van der Waals surface area contributed by atoms with Crippen molar-refractivity contribution in [2.75, 3.05) is 11.8 Å². The van der Waals surface area contributed by atoms with Gasteiger partial charge in [-0.25, -0.2) is 13.1 Å². The summed E-state index contributed by atoms with van der Waals surface area (Å²) in [5.41, 5.74) is 1.04. The maximum atomic E-state index is 10.9. The fourth-order valence-electron chi connectivity index (χ4n) is 0.939. The van der Waals surface area contributed by atoms with Crippen LogP contribution in [0.3, 0.4) is 0 Å². The Kier molecular flexibility index (Phi) is 4.31. The molecule has 0 saturated carbocycles. The number of aromatic nitrogens is 1. The van der Waals surface area contributed by atoms with Gasteiger partial charge in [0.1, 0.15) is 5.21 Å². The lowest BCUT2D eigenvalue weighted by molar-refractivity contribution is 0.586. The van der Waals surface area contributed by atoms with Crippen molar-refractivity contribution in [3.8, 4) is 0 Å². The first-order valence-corrected chi connectivity index (χ1v) is 6.25. The number of sulfonamides is 1. The van der Waals surface area contributed by atoms with E-state index in [-0.39, 0.29) is 0 Å². The summed E-state index contributed by atoms with van der Waals surface area (Å²) >= 11 is 5.21. The van der Waals surface area contributed by atoms with Crippen LogP contribution in [-0.4, -0.2) is 25.2 Å². The number of hydrogen-bond donors (Lipinski definition) is 1. The predicted octanol–water partition coefficient (Wildman–Crippen LogP) is 0.740. The second-order valence-electron chi connectivity index (χ2n) is 2.72. The van der Waals surface area contributed by atoms with Crippen LogP contribution in [0.1, 0.15) is 5.56 Å².